The number of fused-ring (bicyclic) bond motifs is 1. The number of alkyl halides is 1. The molecule has 38 heavy (non-hydrogen) atoms. The van der Waals surface area contributed by atoms with Crippen molar-refractivity contribution in [3.8, 4) is 11.5 Å². The van der Waals surface area contributed by atoms with Crippen molar-refractivity contribution >= 4 is 28.5 Å². The molecule has 0 saturated carbocycles. The summed E-state index contributed by atoms with van der Waals surface area (Å²) < 4.78 is 66.6. The number of carboxylic acid groups (broad SMARTS) is 1. The molecule has 1 aliphatic rings. The molecule has 0 amide bonds. The molecule has 2 aromatic carbocycles. The van der Waals surface area contributed by atoms with Crippen LogP contribution in [0, 0.1) is 22.9 Å². The highest BCUT2D eigenvalue weighted by molar-refractivity contribution is 6.32. The van der Waals surface area contributed by atoms with Crippen LogP contribution in [0.4, 0.5) is 17.6 Å². The summed E-state index contributed by atoms with van der Waals surface area (Å²) in [5.74, 6) is -4.43. The van der Waals surface area contributed by atoms with E-state index in [1.807, 2.05) is 4.90 Å². The lowest BCUT2D eigenvalue weighted by atomic mass is 9.74. The van der Waals surface area contributed by atoms with Gasteiger partial charge >= 0.3 is 5.97 Å². The van der Waals surface area contributed by atoms with Gasteiger partial charge in [-0.25, -0.2) is 17.6 Å². The number of pyridine rings is 1. The van der Waals surface area contributed by atoms with Gasteiger partial charge < -0.3 is 14.6 Å². The molecular weight excluding hydrogens is 528 g/mol. The first-order chi connectivity index (χ1) is 18.1. The molecule has 1 atom stereocenters. The highest BCUT2D eigenvalue weighted by atomic mass is 35.5. The molecule has 1 saturated heterocycles. The summed E-state index contributed by atoms with van der Waals surface area (Å²) in [6.07, 6.45) is 0.469. The summed E-state index contributed by atoms with van der Waals surface area (Å²) in [5, 5.41) is 10.7. The Labute approximate surface area is 222 Å². The minimum absolute atomic E-state index is 0.0470. The number of benzene rings is 2. The highest BCUT2D eigenvalue weighted by Gasteiger charge is 2.42. The zero-order chi connectivity index (χ0) is 27.4. The first-order valence-electron chi connectivity index (χ1n) is 12.1. The van der Waals surface area contributed by atoms with Crippen LogP contribution in [0.1, 0.15) is 37.4 Å². The molecule has 0 aliphatic carbocycles. The average Bonchev–Trinajstić information content (AvgIpc) is 2.89. The quantitative estimate of drug-likeness (QED) is 0.294. The number of aromatic nitrogens is 1. The molecule has 0 unspecified atom stereocenters. The van der Waals surface area contributed by atoms with Crippen molar-refractivity contribution in [1.29, 1.82) is 0 Å². The molecule has 1 aromatic heterocycles. The van der Waals surface area contributed by atoms with Gasteiger partial charge in [0.1, 0.15) is 24.3 Å². The van der Waals surface area contributed by atoms with E-state index in [4.69, 9.17) is 21.1 Å². The molecule has 204 valence electrons. The number of ether oxygens (including phenoxy) is 2. The summed E-state index contributed by atoms with van der Waals surface area (Å²) in [5.41, 5.74) is -0.313. The maximum absolute atomic E-state index is 15.6. The van der Waals surface area contributed by atoms with E-state index >= 15 is 4.39 Å². The van der Waals surface area contributed by atoms with Crippen molar-refractivity contribution in [3.63, 3.8) is 0 Å². The number of hydrogen-bond donors (Lipinski definition) is 1. The van der Waals surface area contributed by atoms with E-state index in [-0.39, 0.29) is 49.4 Å². The minimum atomic E-state index is -1.51. The number of aliphatic carboxylic acids is 1. The lowest BCUT2D eigenvalue weighted by molar-refractivity contribution is -0.153. The molecule has 11 heteroatoms. The number of nitrogens with zero attached hydrogens (tertiary/aromatic N) is 2. The van der Waals surface area contributed by atoms with E-state index in [9.17, 15) is 23.1 Å². The molecular formula is C27H27ClF4N2O4. The van der Waals surface area contributed by atoms with Gasteiger partial charge in [0.25, 0.3) is 0 Å². The van der Waals surface area contributed by atoms with Gasteiger partial charge in [-0.3, -0.25) is 14.7 Å². The third-order valence-electron chi connectivity index (χ3n) is 7.14. The largest absolute Gasteiger partial charge is 0.497 e. The first-order valence-corrected chi connectivity index (χ1v) is 12.5. The van der Waals surface area contributed by atoms with Crippen molar-refractivity contribution < 1.29 is 36.9 Å². The van der Waals surface area contributed by atoms with Crippen molar-refractivity contribution in [3.05, 3.63) is 64.6 Å². The Balaban J connectivity index is 1.37. The molecule has 1 aliphatic heterocycles. The number of carbonyl (C=O) groups is 1. The fraction of sp³-hybridized carbons (Fsp3) is 0.407. The van der Waals surface area contributed by atoms with Crippen molar-refractivity contribution in [2.45, 2.75) is 31.9 Å². The Morgan fingerprint density at radius 3 is 2.50 bits per heavy atom. The predicted molar refractivity (Wildman–Crippen MR) is 134 cm³/mol. The number of piperidine rings is 1. The van der Waals surface area contributed by atoms with E-state index in [0.717, 1.165) is 0 Å². The zero-order valence-corrected chi connectivity index (χ0v) is 21.4. The first kappa shape index (κ1) is 27.9. The fourth-order valence-corrected chi connectivity index (χ4v) is 5.15. The van der Waals surface area contributed by atoms with Gasteiger partial charge in [0.05, 0.1) is 23.1 Å². The number of methoxy groups -OCH3 is 1. The Bertz CT molecular complexity index is 1290. The molecule has 1 N–H and O–H groups in total. The lowest BCUT2D eigenvalue weighted by Crippen LogP contribution is -2.45. The van der Waals surface area contributed by atoms with Gasteiger partial charge in [-0.1, -0.05) is 11.6 Å². The second-order valence-corrected chi connectivity index (χ2v) is 9.79. The Morgan fingerprint density at radius 1 is 1.18 bits per heavy atom. The molecule has 1 fully saturated rings. The number of carboxylic acids is 1. The molecule has 2 heterocycles. The Morgan fingerprint density at radius 2 is 1.87 bits per heavy atom. The van der Waals surface area contributed by atoms with Crippen molar-refractivity contribution in [2.24, 2.45) is 5.41 Å². The third kappa shape index (κ3) is 5.96. The van der Waals surface area contributed by atoms with Gasteiger partial charge in [-0.2, -0.15) is 0 Å². The highest BCUT2D eigenvalue weighted by Crippen LogP contribution is 2.42. The second-order valence-electron chi connectivity index (χ2n) is 9.38. The number of rotatable bonds is 10. The number of likely N-dealkylation sites (tertiary alicyclic amines) is 1. The maximum Gasteiger partial charge on any atom is 0.309 e. The molecule has 0 bridgehead atoms. The standard InChI is InChI=1S/C27H27ClF4N2O4/c1-37-17-2-3-23-18(14-17)24(19(28)15-33-23)20(30)4-5-27(26(35)36)6-8-34(9-7-27)10-11-38-25-21(31)12-16(29)13-22(25)32/h2-3,12-15,20H,4-11H2,1H3,(H,35,36)/t20-/m1/s1. The molecule has 4 rings (SSSR count). The summed E-state index contributed by atoms with van der Waals surface area (Å²) in [7, 11) is 1.50. The van der Waals surface area contributed by atoms with Crippen LogP contribution >= 0.6 is 11.6 Å². The van der Waals surface area contributed by atoms with Gasteiger partial charge in [-0.05, 0) is 57.0 Å². The van der Waals surface area contributed by atoms with Crippen LogP contribution in [0.2, 0.25) is 5.02 Å². The summed E-state index contributed by atoms with van der Waals surface area (Å²) in [6, 6.07) is 6.16. The SMILES string of the molecule is COc1ccc2ncc(Cl)c([C@H](F)CCC3(C(=O)O)CCN(CCOc4c(F)cc(F)cc4F)CC3)c2c1. The van der Waals surface area contributed by atoms with Crippen LogP contribution in [0.3, 0.4) is 0 Å². The van der Waals surface area contributed by atoms with Crippen LogP contribution in [0.5, 0.6) is 11.5 Å². The van der Waals surface area contributed by atoms with Crippen LogP contribution in [0.25, 0.3) is 10.9 Å². The van der Waals surface area contributed by atoms with Crippen molar-refractivity contribution in [2.75, 3.05) is 33.4 Å². The smallest absolute Gasteiger partial charge is 0.309 e. The van der Waals surface area contributed by atoms with E-state index in [2.05, 4.69) is 4.98 Å². The maximum atomic E-state index is 15.6. The predicted octanol–water partition coefficient (Wildman–Crippen LogP) is 6.35. The topological polar surface area (TPSA) is 71.9 Å². The van der Waals surface area contributed by atoms with Gasteiger partial charge in [-0.15, -0.1) is 0 Å². The number of halogens is 5. The monoisotopic (exact) mass is 554 g/mol. The summed E-state index contributed by atoms with van der Waals surface area (Å²) in [6.45, 7) is 0.996. The van der Waals surface area contributed by atoms with Crippen molar-refractivity contribution in [1.82, 2.24) is 9.88 Å². The van der Waals surface area contributed by atoms with Gasteiger partial charge in [0.2, 0.25) is 0 Å². The molecule has 0 radical (unpaired) electrons. The fourth-order valence-electron chi connectivity index (χ4n) is 4.88. The van der Waals surface area contributed by atoms with Crippen LogP contribution in [-0.2, 0) is 4.79 Å². The van der Waals surface area contributed by atoms with E-state index in [0.29, 0.717) is 41.9 Å². The Kier molecular flexibility index (Phi) is 8.62. The molecule has 3 aromatic rings. The van der Waals surface area contributed by atoms with E-state index in [1.54, 1.807) is 18.2 Å². The molecule has 0 spiro atoms. The van der Waals surface area contributed by atoms with Gasteiger partial charge in [0, 0.05) is 35.8 Å². The normalized spacial score (nSPS) is 16.4. The Hall–Kier alpha value is -3.11. The summed E-state index contributed by atoms with van der Waals surface area (Å²) in [4.78, 5) is 18.4. The third-order valence-corrected chi connectivity index (χ3v) is 7.44. The zero-order valence-electron chi connectivity index (χ0n) is 20.7. The van der Waals surface area contributed by atoms with Crippen LogP contribution in [0.15, 0.2) is 36.5 Å². The lowest BCUT2D eigenvalue weighted by Gasteiger charge is -2.39. The molecule has 6 nitrogen and oxygen atoms in total. The number of hydrogen-bond acceptors (Lipinski definition) is 5. The van der Waals surface area contributed by atoms with Crippen LogP contribution < -0.4 is 9.47 Å². The van der Waals surface area contributed by atoms with E-state index < -0.39 is 40.8 Å². The minimum Gasteiger partial charge on any atom is -0.497 e. The van der Waals surface area contributed by atoms with Crippen LogP contribution in [-0.4, -0.2) is 54.3 Å². The summed E-state index contributed by atoms with van der Waals surface area (Å²) >= 11 is 6.31. The van der Waals surface area contributed by atoms with E-state index in [1.165, 1.54) is 13.3 Å². The van der Waals surface area contributed by atoms with Gasteiger partial charge in [0.15, 0.2) is 17.4 Å². The second kappa shape index (κ2) is 11.7. The average molecular weight is 555 g/mol.